The summed E-state index contributed by atoms with van der Waals surface area (Å²) in [6.45, 7) is 0.485. The fraction of sp³-hybridized carbons (Fsp3) is 0.100. The van der Waals surface area contributed by atoms with Gasteiger partial charge in [-0.25, -0.2) is 5.43 Å². The second-order valence-corrected chi connectivity index (χ2v) is 6.95. The molecule has 1 amide bonds. The van der Waals surface area contributed by atoms with E-state index in [1.807, 2.05) is 29.6 Å². The topological polar surface area (TPSA) is 59.9 Å². The standard InChI is InChI=1S/C20H17ClN2O3S/c1-25-19-11-14(4-9-18(19)26-13-17-3-2-10-27-17)12-22-23-20(24)15-5-7-16(21)8-6-15/h2-12H,13H2,1H3,(H,23,24)/b22-12-. The quantitative estimate of drug-likeness (QED) is 0.459. The first-order valence-electron chi connectivity index (χ1n) is 8.08. The summed E-state index contributed by atoms with van der Waals surface area (Å²) in [4.78, 5) is 13.1. The van der Waals surface area contributed by atoms with Crippen LogP contribution in [0.3, 0.4) is 0 Å². The van der Waals surface area contributed by atoms with Crippen molar-refractivity contribution in [2.24, 2.45) is 5.10 Å². The van der Waals surface area contributed by atoms with E-state index in [1.54, 1.807) is 55.0 Å². The molecule has 1 heterocycles. The molecule has 0 saturated heterocycles. The number of ether oxygens (including phenoxy) is 2. The molecule has 0 saturated carbocycles. The molecule has 0 fully saturated rings. The molecule has 3 aromatic rings. The Morgan fingerprint density at radius 1 is 1.19 bits per heavy atom. The number of benzene rings is 2. The first-order chi connectivity index (χ1) is 13.2. The van der Waals surface area contributed by atoms with Gasteiger partial charge in [0.25, 0.3) is 5.91 Å². The molecule has 7 heteroatoms. The molecule has 0 atom stereocenters. The van der Waals surface area contributed by atoms with E-state index in [1.165, 1.54) is 0 Å². The first kappa shape index (κ1) is 18.9. The Balaban J connectivity index is 1.61. The van der Waals surface area contributed by atoms with Gasteiger partial charge < -0.3 is 9.47 Å². The number of nitrogens with one attached hydrogen (secondary N) is 1. The summed E-state index contributed by atoms with van der Waals surface area (Å²) in [7, 11) is 1.58. The molecule has 2 aromatic carbocycles. The Kier molecular flexibility index (Phi) is 6.46. The van der Waals surface area contributed by atoms with Gasteiger partial charge in [-0.3, -0.25) is 4.79 Å². The largest absolute Gasteiger partial charge is 0.493 e. The normalized spacial score (nSPS) is 10.7. The van der Waals surface area contributed by atoms with Gasteiger partial charge in [0.1, 0.15) is 6.61 Å². The maximum atomic E-state index is 12.0. The number of carbonyl (C=O) groups is 1. The second-order valence-electron chi connectivity index (χ2n) is 5.48. The van der Waals surface area contributed by atoms with Crippen LogP contribution in [0.15, 0.2) is 65.1 Å². The molecule has 27 heavy (non-hydrogen) atoms. The summed E-state index contributed by atoms with van der Waals surface area (Å²) in [5, 5.41) is 6.56. The summed E-state index contributed by atoms with van der Waals surface area (Å²) in [6, 6.07) is 16.0. The number of rotatable bonds is 7. The smallest absolute Gasteiger partial charge is 0.271 e. The van der Waals surface area contributed by atoms with Crippen LogP contribution in [0.4, 0.5) is 0 Å². The lowest BCUT2D eigenvalue weighted by atomic mass is 10.2. The molecule has 0 unspecified atom stereocenters. The van der Waals surface area contributed by atoms with Crippen LogP contribution in [-0.4, -0.2) is 19.2 Å². The van der Waals surface area contributed by atoms with Crippen LogP contribution in [0.25, 0.3) is 0 Å². The van der Waals surface area contributed by atoms with Crippen molar-refractivity contribution in [3.63, 3.8) is 0 Å². The number of thiophene rings is 1. The average molecular weight is 401 g/mol. The maximum absolute atomic E-state index is 12.0. The zero-order valence-electron chi connectivity index (χ0n) is 14.5. The van der Waals surface area contributed by atoms with Gasteiger partial charge in [-0.2, -0.15) is 5.10 Å². The Morgan fingerprint density at radius 3 is 2.70 bits per heavy atom. The highest BCUT2D eigenvalue weighted by Gasteiger charge is 2.07. The average Bonchev–Trinajstić information content (AvgIpc) is 3.21. The summed E-state index contributed by atoms with van der Waals surface area (Å²) in [6.07, 6.45) is 1.54. The van der Waals surface area contributed by atoms with Crippen molar-refractivity contribution >= 4 is 35.1 Å². The van der Waals surface area contributed by atoms with Crippen LogP contribution in [0, 0.1) is 0 Å². The van der Waals surface area contributed by atoms with Gasteiger partial charge in [0.05, 0.1) is 13.3 Å². The monoisotopic (exact) mass is 400 g/mol. The molecule has 0 aliphatic carbocycles. The van der Waals surface area contributed by atoms with Crippen LogP contribution < -0.4 is 14.9 Å². The van der Waals surface area contributed by atoms with E-state index in [4.69, 9.17) is 21.1 Å². The Morgan fingerprint density at radius 2 is 2.00 bits per heavy atom. The van der Waals surface area contributed by atoms with E-state index in [9.17, 15) is 4.79 Å². The van der Waals surface area contributed by atoms with Crippen molar-refractivity contribution < 1.29 is 14.3 Å². The summed E-state index contributed by atoms with van der Waals surface area (Å²) < 4.78 is 11.2. The van der Waals surface area contributed by atoms with Crippen LogP contribution in [0.1, 0.15) is 20.8 Å². The highest BCUT2D eigenvalue weighted by molar-refractivity contribution is 7.09. The minimum atomic E-state index is -0.314. The van der Waals surface area contributed by atoms with Crippen molar-refractivity contribution in [3.05, 3.63) is 81.0 Å². The van der Waals surface area contributed by atoms with Gasteiger partial charge in [0.15, 0.2) is 11.5 Å². The second kappa shape index (κ2) is 9.21. The zero-order chi connectivity index (χ0) is 19.1. The van der Waals surface area contributed by atoms with Gasteiger partial charge in [0.2, 0.25) is 0 Å². The Hall–Kier alpha value is -2.83. The van der Waals surface area contributed by atoms with E-state index in [-0.39, 0.29) is 5.91 Å². The van der Waals surface area contributed by atoms with Gasteiger partial charge in [-0.1, -0.05) is 17.7 Å². The molecule has 0 aliphatic heterocycles. The predicted molar refractivity (Wildman–Crippen MR) is 108 cm³/mol. The van der Waals surface area contributed by atoms with Crippen LogP contribution in [0.5, 0.6) is 11.5 Å². The van der Waals surface area contributed by atoms with Gasteiger partial charge in [0, 0.05) is 15.5 Å². The summed E-state index contributed by atoms with van der Waals surface area (Å²) in [5.41, 5.74) is 3.73. The minimum absolute atomic E-state index is 0.314. The van der Waals surface area contributed by atoms with E-state index < -0.39 is 0 Å². The molecule has 1 N–H and O–H groups in total. The fourth-order valence-corrected chi connectivity index (χ4v) is 3.00. The van der Waals surface area contributed by atoms with Crippen molar-refractivity contribution in [2.75, 3.05) is 7.11 Å². The molecular weight excluding hydrogens is 384 g/mol. The van der Waals surface area contributed by atoms with Crippen LogP contribution >= 0.6 is 22.9 Å². The van der Waals surface area contributed by atoms with E-state index in [2.05, 4.69) is 10.5 Å². The molecule has 5 nitrogen and oxygen atoms in total. The minimum Gasteiger partial charge on any atom is -0.493 e. The highest BCUT2D eigenvalue weighted by Crippen LogP contribution is 2.28. The van der Waals surface area contributed by atoms with Crippen LogP contribution in [-0.2, 0) is 6.61 Å². The third-order valence-corrected chi connectivity index (χ3v) is 4.73. The molecule has 0 bridgehead atoms. The number of hydrogen-bond donors (Lipinski definition) is 1. The molecular formula is C20H17ClN2O3S. The summed E-state index contributed by atoms with van der Waals surface area (Å²) in [5.74, 6) is 0.929. The Labute approximate surface area is 166 Å². The van der Waals surface area contributed by atoms with E-state index >= 15 is 0 Å². The van der Waals surface area contributed by atoms with Gasteiger partial charge >= 0.3 is 0 Å². The SMILES string of the molecule is COc1cc(/C=N\NC(=O)c2ccc(Cl)cc2)ccc1OCc1cccs1. The number of halogens is 1. The third-order valence-electron chi connectivity index (χ3n) is 3.62. The van der Waals surface area contributed by atoms with Crippen molar-refractivity contribution in [2.45, 2.75) is 6.61 Å². The number of carbonyl (C=O) groups excluding carboxylic acids is 1. The maximum Gasteiger partial charge on any atom is 0.271 e. The summed E-state index contributed by atoms with van der Waals surface area (Å²) >= 11 is 7.45. The lowest BCUT2D eigenvalue weighted by molar-refractivity contribution is 0.0955. The highest BCUT2D eigenvalue weighted by atomic mass is 35.5. The molecule has 0 radical (unpaired) electrons. The number of hydrogen-bond acceptors (Lipinski definition) is 5. The number of methoxy groups -OCH3 is 1. The lowest BCUT2D eigenvalue weighted by Crippen LogP contribution is -2.17. The van der Waals surface area contributed by atoms with Crippen molar-refractivity contribution in [3.8, 4) is 11.5 Å². The predicted octanol–water partition coefficient (Wildman–Crippen LogP) is 4.75. The molecule has 0 spiro atoms. The Bertz CT molecular complexity index is 925. The van der Waals surface area contributed by atoms with E-state index in [0.29, 0.717) is 28.7 Å². The fourth-order valence-electron chi connectivity index (χ4n) is 2.26. The van der Waals surface area contributed by atoms with Gasteiger partial charge in [-0.15, -0.1) is 11.3 Å². The van der Waals surface area contributed by atoms with E-state index in [0.717, 1.165) is 10.4 Å². The van der Waals surface area contributed by atoms with Crippen molar-refractivity contribution in [1.82, 2.24) is 5.43 Å². The zero-order valence-corrected chi connectivity index (χ0v) is 16.1. The lowest BCUT2D eigenvalue weighted by Gasteiger charge is -2.10. The first-order valence-corrected chi connectivity index (χ1v) is 9.33. The third kappa shape index (κ3) is 5.32. The molecule has 3 rings (SSSR count). The number of amides is 1. The van der Waals surface area contributed by atoms with Gasteiger partial charge in [-0.05, 0) is 59.5 Å². The number of hydrazone groups is 1. The molecule has 138 valence electrons. The molecule has 1 aromatic heterocycles. The van der Waals surface area contributed by atoms with Crippen LogP contribution in [0.2, 0.25) is 5.02 Å². The molecule has 0 aliphatic rings. The number of nitrogens with zero attached hydrogens (tertiary/aromatic N) is 1. The van der Waals surface area contributed by atoms with Crippen molar-refractivity contribution in [1.29, 1.82) is 0 Å².